The van der Waals surface area contributed by atoms with Gasteiger partial charge in [0.1, 0.15) is 6.04 Å². The second kappa shape index (κ2) is 10.3. The third-order valence-corrected chi connectivity index (χ3v) is 6.01. The van der Waals surface area contributed by atoms with E-state index in [1.54, 1.807) is 74.5 Å². The molecular weight excluding hydrogens is 410 g/mol. The molecule has 6 nitrogen and oxygen atoms in total. The summed E-state index contributed by atoms with van der Waals surface area (Å²) >= 11 is 1.64. The maximum Gasteiger partial charge on any atom is 0.327 e. The van der Waals surface area contributed by atoms with Crippen molar-refractivity contribution >= 4 is 45.6 Å². The molecule has 2 N–H and O–H groups in total. The van der Waals surface area contributed by atoms with Gasteiger partial charge in [-0.25, -0.2) is 4.79 Å². The van der Waals surface area contributed by atoms with Crippen LogP contribution in [0.4, 0.5) is 0 Å². The van der Waals surface area contributed by atoms with E-state index in [0.29, 0.717) is 11.1 Å². The Morgan fingerprint density at radius 2 is 1.38 bits per heavy atom. The van der Waals surface area contributed by atoms with Gasteiger partial charge in [0.05, 0.1) is 4.75 Å². The first-order valence-electron chi connectivity index (χ1n) is 8.75. The van der Waals surface area contributed by atoms with Crippen molar-refractivity contribution in [3.63, 3.8) is 0 Å². The highest BCUT2D eigenvalue weighted by Gasteiger charge is 2.34. The van der Waals surface area contributed by atoms with Gasteiger partial charge in [-0.05, 0) is 13.8 Å². The summed E-state index contributed by atoms with van der Waals surface area (Å²) in [5.74, 6) is -1.96. The van der Waals surface area contributed by atoms with Gasteiger partial charge >= 0.3 is 5.97 Å². The lowest BCUT2D eigenvalue weighted by Crippen LogP contribution is -2.49. The summed E-state index contributed by atoms with van der Waals surface area (Å²) in [6, 6.07) is 15.8. The Bertz CT molecular complexity index is 884. The van der Waals surface area contributed by atoms with Gasteiger partial charge in [-0.1, -0.05) is 84.2 Å². The highest BCUT2D eigenvalue weighted by Crippen LogP contribution is 2.28. The normalized spacial score (nSPS) is 12.1. The van der Waals surface area contributed by atoms with Crippen molar-refractivity contribution < 1.29 is 24.3 Å². The van der Waals surface area contributed by atoms with Crippen molar-refractivity contribution in [2.75, 3.05) is 5.75 Å². The van der Waals surface area contributed by atoms with E-state index in [4.69, 9.17) is 0 Å². The van der Waals surface area contributed by atoms with E-state index < -0.39 is 22.7 Å². The summed E-state index contributed by atoms with van der Waals surface area (Å²) < 4.78 is -1.19. The Balaban J connectivity index is 1.97. The number of aliphatic carboxylic acids is 1. The first-order valence-corrected chi connectivity index (χ1v) is 10.6. The first-order chi connectivity index (χ1) is 13.7. The SMILES string of the molecule is CC(C)(SC(=O)c1ccccc1)C(=O)N[C@@H](CSC(=O)c1ccccc1)C(=O)O. The zero-order valence-electron chi connectivity index (χ0n) is 16.0. The molecule has 0 bridgehead atoms. The van der Waals surface area contributed by atoms with Gasteiger partial charge in [0.25, 0.3) is 0 Å². The molecule has 0 heterocycles. The molecule has 0 aromatic heterocycles. The molecule has 0 radical (unpaired) electrons. The fourth-order valence-electron chi connectivity index (χ4n) is 2.23. The monoisotopic (exact) mass is 431 g/mol. The molecule has 1 amide bonds. The van der Waals surface area contributed by atoms with Crippen LogP contribution in [0.3, 0.4) is 0 Å². The van der Waals surface area contributed by atoms with E-state index >= 15 is 0 Å². The summed E-state index contributed by atoms with van der Waals surface area (Å²) in [4.78, 5) is 48.7. The van der Waals surface area contributed by atoms with Crippen molar-refractivity contribution in [2.45, 2.75) is 24.6 Å². The lowest BCUT2D eigenvalue weighted by Gasteiger charge is -2.24. The van der Waals surface area contributed by atoms with Crippen molar-refractivity contribution in [3.8, 4) is 0 Å². The van der Waals surface area contributed by atoms with Crippen molar-refractivity contribution in [3.05, 3.63) is 71.8 Å². The number of hydrogen-bond donors (Lipinski definition) is 2. The molecule has 29 heavy (non-hydrogen) atoms. The van der Waals surface area contributed by atoms with Crippen molar-refractivity contribution in [2.24, 2.45) is 0 Å². The van der Waals surface area contributed by atoms with Crippen molar-refractivity contribution in [1.82, 2.24) is 5.32 Å². The van der Waals surface area contributed by atoms with E-state index in [-0.39, 0.29) is 16.0 Å². The topological polar surface area (TPSA) is 101 Å². The molecule has 0 fully saturated rings. The number of hydrogen-bond acceptors (Lipinski definition) is 6. The van der Waals surface area contributed by atoms with Gasteiger partial charge < -0.3 is 10.4 Å². The number of carbonyl (C=O) groups excluding carboxylic acids is 3. The first kappa shape index (κ1) is 22.7. The van der Waals surface area contributed by atoms with E-state index in [1.165, 1.54) is 0 Å². The summed E-state index contributed by atoms with van der Waals surface area (Å²) in [6.45, 7) is 3.10. The van der Waals surface area contributed by atoms with Crippen molar-refractivity contribution in [1.29, 1.82) is 0 Å². The molecule has 2 aromatic rings. The average Bonchev–Trinajstić information content (AvgIpc) is 2.71. The molecule has 0 aliphatic carbocycles. The van der Waals surface area contributed by atoms with Crippen LogP contribution in [0.15, 0.2) is 60.7 Å². The van der Waals surface area contributed by atoms with Crippen LogP contribution in [0.5, 0.6) is 0 Å². The Morgan fingerprint density at radius 3 is 1.86 bits per heavy atom. The number of rotatable bonds is 8. The second-order valence-electron chi connectivity index (χ2n) is 6.59. The Morgan fingerprint density at radius 1 is 0.897 bits per heavy atom. The number of carboxylic acids is 1. The molecule has 0 aliphatic rings. The summed E-state index contributed by atoms with van der Waals surface area (Å²) in [6.07, 6.45) is 0. The van der Waals surface area contributed by atoms with E-state index in [9.17, 15) is 24.3 Å². The van der Waals surface area contributed by atoms with Crippen LogP contribution in [-0.4, -0.2) is 43.8 Å². The van der Waals surface area contributed by atoms with Crippen LogP contribution in [0, 0.1) is 0 Å². The molecule has 0 aliphatic heterocycles. The molecule has 0 saturated heterocycles. The highest BCUT2D eigenvalue weighted by atomic mass is 32.2. The molecule has 0 unspecified atom stereocenters. The van der Waals surface area contributed by atoms with Gasteiger partial charge in [-0.2, -0.15) is 0 Å². The predicted molar refractivity (Wildman–Crippen MR) is 115 cm³/mol. The fraction of sp³-hybridized carbons (Fsp3) is 0.238. The van der Waals surface area contributed by atoms with Gasteiger partial charge in [0.2, 0.25) is 16.1 Å². The summed E-state index contributed by atoms with van der Waals surface area (Å²) in [5.41, 5.74) is 0.912. The lowest BCUT2D eigenvalue weighted by atomic mass is 10.2. The third kappa shape index (κ3) is 6.76. The fourth-order valence-corrected chi connectivity index (χ4v) is 3.95. The summed E-state index contributed by atoms with van der Waals surface area (Å²) in [7, 11) is 0. The van der Waals surface area contributed by atoms with Gasteiger partial charge in [-0.3, -0.25) is 14.4 Å². The van der Waals surface area contributed by atoms with E-state index in [2.05, 4.69) is 5.32 Å². The molecular formula is C21H21NO5S2. The van der Waals surface area contributed by atoms with E-state index in [0.717, 1.165) is 23.5 Å². The Labute approximate surface area is 177 Å². The van der Waals surface area contributed by atoms with Gasteiger partial charge in [-0.15, -0.1) is 0 Å². The zero-order chi connectivity index (χ0) is 21.4. The summed E-state index contributed by atoms with van der Waals surface area (Å²) in [5, 5.41) is 11.3. The third-order valence-electron chi connectivity index (χ3n) is 3.90. The number of thioether (sulfide) groups is 2. The minimum absolute atomic E-state index is 0.123. The van der Waals surface area contributed by atoms with Crippen LogP contribution in [0.25, 0.3) is 0 Å². The number of nitrogens with one attached hydrogen (secondary N) is 1. The molecule has 2 rings (SSSR count). The minimum Gasteiger partial charge on any atom is -0.480 e. The van der Waals surface area contributed by atoms with Crippen LogP contribution in [0.1, 0.15) is 34.6 Å². The number of benzene rings is 2. The largest absolute Gasteiger partial charge is 0.480 e. The zero-order valence-corrected chi connectivity index (χ0v) is 17.6. The highest BCUT2D eigenvalue weighted by molar-refractivity contribution is 8.15. The smallest absolute Gasteiger partial charge is 0.327 e. The van der Waals surface area contributed by atoms with E-state index in [1.807, 2.05) is 0 Å². The number of carboxylic acid groups (broad SMARTS) is 1. The predicted octanol–water partition coefficient (Wildman–Crippen LogP) is 3.48. The molecule has 0 saturated carbocycles. The average molecular weight is 432 g/mol. The van der Waals surface area contributed by atoms with Gasteiger partial charge in [0, 0.05) is 16.9 Å². The minimum atomic E-state index is -1.26. The molecule has 2 aromatic carbocycles. The maximum atomic E-state index is 12.6. The second-order valence-corrected chi connectivity index (χ2v) is 9.18. The van der Waals surface area contributed by atoms with Crippen LogP contribution >= 0.6 is 23.5 Å². The molecule has 8 heteroatoms. The lowest BCUT2D eigenvalue weighted by molar-refractivity contribution is -0.141. The standard InChI is InChI=1S/C21H21NO5S2/c1-21(2,29-19(26)15-11-7-4-8-12-15)20(27)22-16(17(23)24)13-28-18(25)14-9-5-3-6-10-14/h3-12,16H,13H2,1-2H3,(H,22,27)(H,23,24)/t16-/m0/s1. The molecule has 1 atom stereocenters. The van der Waals surface area contributed by atoms with Gasteiger partial charge in [0.15, 0.2) is 0 Å². The van der Waals surface area contributed by atoms with Crippen LogP contribution in [0.2, 0.25) is 0 Å². The number of carbonyl (C=O) groups is 4. The Hall–Kier alpha value is -2.58. The maximum absolute atomic E-state index is 12.6. The van der Waals surface area contributed by atoms with Crippen LogP contribution < -0.4 is 5.32 Å². The number of amides is 1. The quantitative estimate of drug-likeness (QED) is 0.660. The Kier molecular flexibility index (Phi) is 8.04. The molecule has 0 spiro atoms. The molecule has 152 valence electrons. The van der Waals surface area contributed by atoms with Crippen LogP contribution in [-0.2, 0) is 9.59 Å².